The highest BCUT2D eigenvalue weighted by molar-refractivity contribution is 6.17. The van der Waals surface area contributed by atoms with Crippen molar-refractivity contribution in [3.05, 3.63) is 0 Å². The van der Waals surface area contributed by atoms with Crippen LogP contribution in [0.2, 0.25) is 0 Å². The minimum absolute atomic E-state index is 0.285. The van der Waals surface area contributed by atoms with Crippen molar-refractivity contribution in [2.24, 2.45) is 11.8 Å². The number of unbranched alkanes of at least 4 members (excludes halogenated alkanes) is 1. The second-order valence-electron chi connectivity index (χ2n) is 5.82. The average Bonchev–Trinajstić information content (AvgIpc) is 2.46. The zero-order valence-corrected chi connectivity index (χ0v) is 13.4. The molecule has 0 aromatic carbocycles. The molecule has 0 radical (unpaired) electrons. The van der Waals surface area contributed by atoms with Gasteiger partial charge in [0.2, 0.25) is 5.91 Å². The molecular formula is C16H30ClNO. The smallest absolute Gasteiger partial charge is 0.225 e. The number of carbonyl (C=O) groups excluding carboxylic acids is 1. The maximum Gasteiger partial charge on any atom is 0.225 e. The Morgan fingerprint density at radius 1 is 1.16 bits per heavy atom. The van der Waals surface area contributed by atoms with Gasteiger partial charge in [-0.05, 0) is 44.9 Å². The van der Waals surface area contributed by atoms with Gasteiger partial charge in [0.15, 0.2) is 0 Å². The van der Waals surface area contributed by atoms with Crippen molar-refractivity contribution < 1.29 is 4.79 Å². The Bertz CT molecular complexity index is 249. The summed E-state index contributed by atoms with van der Waals surface area (Å²) in [6.07, 6.45) is 9.62. The highest BCUT2D eigenvalue weighted by atomic mass is 35.5. The summed E-state index contributed by atoms with van der Waals surface area (Å²) in [6, 6.07) is 0. The maximum atomic E-state index is 12.4. The molecule has 2 nitrogen and oxygen atoms in total. The minimum atomic E-state index is 0.285. The van der Waals surface area contributed by atoms with E-state index in [2.05, 4.69) is 13.8 Å². The number of carbonyl (C=O) groups is 1. The number of nitrogens with zero attached hydrogens (tertiary/aromatic N) is 1. The molecule has 1 saturated carbocycles. The Balaban J connectivity index is 2.34. The molecule has 112 valence electrons. The van der Waals surface area contributed by atoms with E-state index in [1.807, 2.05) is 4.90 Å². The van der Waals surface area contributed by atoms with Gasteiger partial charge < -0.3 is 4.90 Å². The van der Waals surface area contributed by atoms with Gasteiger partial charge in [0.1, 0.15) is 0 Å². The van der Waals surface area contributed by atoms with Crippen LogP contribution in [0.4, 0.5) is 0 Å². The summed E-state index contributed by atoms with van der Waals surface area (Å²) in [5.41, 5.74) is 0. The van der Waals surface area contributed by atoms with Crippen LogP contribution in [-0.2, 0) is 4.79 Å². The molecule has 1 fully saturated rings. The first-order valence-corrected chi connectivity index (χ1v) is 8.61. The number of halogens is 1. The van der Waals surface area contributed by atoms with Crippen molar-refractivity contribution in [1.29, 1.82) is 0 Å². The van der Waals surface area contributed by atoms with Crippen LogP contribution in [0.3, 0.4) is 0 Å². The first-order valence-electron chi connectivity index (χ1n) is 8.07. The molecule has 0 aromatic heterocycles. The summed E-state index contributed by atoms with van der Waals surface area (Å²) >= 11 is 5.72. The normalized spacial score (nSPS) is 23.3. The molecule has 0 aliphatic heterocycles. The molecule has 0 heterocycles. The van der Waals surface area contributed by atoms with Gasteiger partial charge in [-0.15, -0.1) is 11.6 Å². The number of alkyl halides is 1. The van der Waals surface area contributed by atoms with Crippen molar-refractivity contribution in [2.75, 3.05) is 19.0 Å². The molecular weight excluding hydrogens is 258 g/mol. The minimum Gasteiger partial charge on any atom is -0.343 e. The lowest BCUT2D eigenvalue weighted by atomic mass is 9.79. The third-order valence-corrected chi connectivity index (χ3v) is 4.68. The van der Waals surface area contributed by atoms with Gasteiger partial charge in [0, 0.05) is 24.9 Å². The molecule has 0 saturated heterocycles. The Morgan fingerprint density at radius 2 is 1.84 bits per heavy atom. The van der Waals surface area contributed by atoms with Crippen LogP contribution in [0.5, 0.6) is 0 Å². The molecule has 19 heavy (non-hydrogen) atoms. The molecule has 0 unspecified atom stereocenters. The summed E-state index contributed by atoms with van der Waals surface area (Å²) < 4.78 is 0. The average molecular weight is 288 g/mol. The summed E-state index contributed by atoms with van der Waals surface area (Å²) in [4.78, 5) is 14.4. The second-order valence-corrected chi connectivity index (χ2v) is 6.20. The van der Waals surface area contributed by atoms with Crippen molar-refractivity contribution in [2.45, 2.75) is 65.2 Å². The van der Waals surface area contributed by atoms with Crippen molar-refractivity contribution in [3.8, 4) is 0 Å². The van der Waals surface area contributed by atoms with E-state index in [9.17, 15) is 4.79 Å². The fraction of sp³-hybridized carbons (Fsp3) is 0.938. The summed E-state index contributed by atoms with van der Waals surface area (Å²) in [7, 11) is 0. The van der Waals surface area contributed by atoms with Gasteiger partial charge in [0.25, 0.3) is 0 Å². The first kappa shape index (κ1) is 16.8. The maximum absolute atomic E-state index is 12.4. The number of hydrogen-bond acceptors (Lipinski definition) is 1. The highest BCUT2D eigenvalue weighted by Gasteiger charge is 2.28. The fourth-order valence-corrected chi connectivity index (χ4v) is 3.24. The van der Waals surface area contributed by atoms with Crippen LogP contribution >= 0.6 is 11.6 Å². The Labute approximate surface area is 123 Å². The van der Waals surface area contributed by atoms with E-state index in [4.69, 9.17) is 11.6 Å². The molecule has 0 N–H and O–H groups in total. The van der Waals surface area contributed by atoms with Gasteiger partial charge in [-0.25, -0.2) is 0 Å². The first-order chi connectivity index (χ1) is 9.22. The lowest BCUT2D eigenvalue weighted by molar-refractivity contribution is -0.136. The van der Waals surface area contributed by atoms with E-state index in [1.165, 1.54) is 32.1 Å². The summed E-state index contributed by atoms with van der Waals surface area (Å²) in [5.74, 6) is 2.18. The third kappa shape index (κ3) is 5.72. The molecule has 1 rings (SSSR count). The van der Waals surface area contributed by atoms with Gasteiger partial charge in [-0.1, -0.05) is 26.2 Å². The van der Waals surface area contributed by atoms with E-state index >= 15 is 0 Å². The van der Waals surface area contributed by atoms with Crippen LogP contribution < -0.4 is 0 Å². The van der Waals surface area contributed by atoms with Crippen molar-refractivity contribution >= 4 is 17.5 Å². The van der Waals surface area contributed by atoms with Crippen LogP contribution in [0.25, 0.3) is 0 Å². The fourth-order valence-electron chi connectivity index (χ4n) is 3.12. The van der Waals surface area contributed by atoms with E-state index in [0.717, 1.165) is 38.3 Å². The standard InChI is InChI=1S/C16H30ClNO/c1-3-5-7-14-8-10-15(11-9-14)16(19)18(4-2)13-6-12-17/h14-15H,3-13H2,1-2H3. The Hall–Kier alpha value is -0.240. The predicted octanol–water partition coefficient (Wildman–Crippen LogP) is 4.46. The SMILES string of the molecule is CCCCC1CCC(C(=O)N(CC)CCCCl)CC1. The van der Waals surface area contributed by atoms with Crippen LogP contribution in [-0.4, -0.2) is 29.8 Å². The molecule has 1 aliphatic rings. The van der Waals surface area contributed by atoms with Crippen LogP contribution in [0.1, 0.15) is 65.2 Å². The molecule has 0 spiro atoms. The van der Waals surface area contributed by atoms with Crippen LogP contribution in [0, 0.1) is 11.8 Å². The van der Waals surface area contributed by atoms with Gasteiger partial charge in [-0.2, -0.15) is 0 Å². The second kappa shape index (κ2) is 9.63. The van der Waals surface area contributed by atoms with E-state index in [0.29, 0.717) is 11.8 Å². The topological polar surface area (TPSA) is 20.3 Å². The zero-order valence-electron chi connectivity index (χ0n) is 12.7. The number of rotatable bonds is 8. The Kier molecular flexibility index (Phi) is 8.52. The summed E-state index contributed by atoms with van der Waals surface area (Å²) in [6.45, 7) is 5.98. The largest absolute Gasteiger partial charge is 0.343 e. The lowest BCUT2D eigenvalue weighted by Gasteiger charge is -2.31. The molecule has 3 heteroatoms. The van der Waals surface area contributed by atoms with Crippen molar-refractivity contribution in [3.63, 3.8) is 0 Å². The number of amides is 1. The number of hydrogen-bond donors (Lipinski definition) is 0. The lowest BCUT2D eigenvalue weighted by Crippen LogP contribution is -2.38. The molecule has 0 atom stereocenters. The van der Waals surface area contributed by atoms with Gasteiger partial charge in [-0.3, -0.25) is 4.79 Å². The van der Waals surface area contributed by atoms with E-state index in [1.54, 1.807) is 0 Å². The molecule has 0 aromatic rings. The molecule has 1 amide bonds. The zero-order chi connectivity index (χ0) is 14.1. The van der Waals surface area contributed by atoms with Crippen LogP contribution in [0.15, 0.2) is 0 Å². The van der Waals surface area contributed by atoms with Crippen molar-refractivity contribution in [1.82, 2.24) is 4.90 Å². The highest BCUT2D eigenvalue weighted by Crippen LogP contribution is 2.32. The van der Waals surface area contributed by atoms with E-state index in [-0.39, 0.29) is 5.92 Å². The predicted molar refractivity (Wildman–Crippen MR) is 82.6 cm³/mol. The third-order valence-electron chi connectivity index (χ3n) is 4.42. The summed E-state index contributed by atoms with van der Waals surface area (Å²) in [5, 5.41) is 0. The quantitative estimate of drug-likeness (QED) is 0.604. The Morgan fingerprint density at radius 3 is 2.37 bits per heavy atom. The molecule has 1 aliphatic carbocycles. The van der Waals surface area contributed by atoms with Gasteiger partial charge in [0.05, 0.1) is 0 Å². The van der Waals surface area contributed by atoms with E-state index < -0.39 is 0 Å². The monoisotopic (exact) mass is 287 g/mol. The van der Waals surface area contributed by atoms with Gasteiger partial charge >= 0.3 is 0 Å². The molecule has 0 bridgehead atoms.